The van der Waals surface area contributed by atoms with Crippen molar-refractivity contribution in [2.75, 3.05) is 7.11 Å². The Morgan fingerprint density at radius 2 is 2.20 bits per heavy atom. The molecule has 0 unspecified atom stereocenters. The second-order valence-electron chi connectivity index (χ2n) is 3.92. The van der Waals surface area contributed by atoms with Gasteiger partial charge in [-0.3, -0.25) is 0 Å². The lowest BCUT2D eigenvalue weighted by Crippen LogP contribution is -2.02. The van der Waals surface area contributed by atoms with Crippen molar-refractivity contribution in [2.45, 2.75) is 20.0 Å². The third-order valence-corrected chi connectivity index (χ3v) is 2.58. The second kappa shape index (κ2) is 6.05. The number of aromatic carboxylic acids is 1. The van der Waals surface area contributed by atoms with E-state index in [1.54, 1.807) is 0 Å². The molecule has 106 valence electrons. The smallest absolute Gasteiger partial charge is 0.335 e. The molecule has 0 saturated carbocycles. The van der Waals surface area contributed by atoms with Gasteiger partial charge in [0.05, 0.1) is 12.7 Å². The SMILES string of the molecule is CCc1nc(COc2cc(C(=O)O)ccc2OC)no1. The standard InChI is InChI=1S/C13H14N2O5/c1-3-12-14-11(15-20-12)7-19-10-6-8(13(16)17)4-5-9(10)18-2/h4-6H,3,7H2,1-2H3,(H,16,17). The molecule has 0 saturated heterocycles. The number of hydrogen-bond donors (Lipinski definition) is 1. The first-order chi connectivity index (χ1) is 9.63. The van der Waals surface area contributed by atoms with Gasteiger partial charge < -0.3 is 19.1 Å². The van der Waals surface area contributed by atoms with E-state index in [4.69, 9.17) is 19.1 Å². The van der Waals surface area contributed by atoms with Crippen molar-refractivity contribution in [1.82, 2.24) is 10.1 Å². The maximum absolute atomic E-state index is 10.9. The third-order valence-electron chi connectivity index (χ3n) is 2.58. The topological polar surface area (TPSA) is 94.7 Å². The van der Waals surface area contributed by atoms with Crippen LogP contribution in [0.5, 0.6) is 11.5 Å². The highest BCUT2D eigenvalue weighted by atomic mass is 16.5. The molecular weight excluding hydrogens is 264 g/mol. The van der Waals surface area contributed by atoms with E-state index in [9.17, 15) is 4.79 Å². The average Bonchev–Trinajstić information content (AvgIpc) is 2.92. The van der Waals surface area contributed by atoms with Crippen molar-refractivity contribution < 1.29 is 23.9 Å². The number of aromatic nitrogens is 2. The van der Waals surface area contributed by atoms with E-state index >= 15 is 0 Å². The van der Waals surface area contributed by atoms with Crippen LogP contribution in [0.1, 0.15) is 29.0 Å². The van der Waals surface area contributed by atoms with Gasteiger partial charge >= 0.3 is 5.97 Å². The number of aryl methyl sites for hydroxylation is 1. The molecule has 0 aliphatic rings. The fraction of sp³-hybridized carbons (Fsp3) is 0.308. The van der Waals surface area contributed by atoms with Gasteiger partial charge in [0.1, 0.15) is 0 Å². The number of carboxylic acid groups (broad SMARTS) is 1. The Hall–Kier alpha value is -2.57. The first-order valence-corrected chi connectivity index (χ1v) is 5.99. The van der Waals surface area contributed by atoms with E-state index in [2.05, 4.69) is 10.1 Å². The summed E-state index contributed by atoms with van der Waals surface area (Å²) in [6.07, 6.45) is 0.644. The minimum Gasteiger partial charge on any atom is -0.493 e. The Labute approximate surface area is 115 Å². The maximum Gasteiger partial charge on any atom is 0.335 e. The second-order valence-corrected chi connectivity index (χ2v) is 3.92. The Kier molecular flexibility index (Phi) is 4.19. The van der Waals surface area contributed by atoms with Crippen LogP contribution in [-0.4, -0.2) is 28.3 Å². The normalized spacial score (nSPS) is 10.3. The lowest BCUT2D eigenvalue weighted by atomic mass is 10.2. The molecule has 7 heteroatoms. The quantitative estimate of drug-likeness (QED) is 0.862. The summed E-state index contributed by atoms with van der Waals surface area (Å²) in [4.78, 5) is 15.0. The number of rotatable bonds is 6. The van der Waals surface area contributed by atoms with Crippen LogP contribution in [-0.2, 0) is 13.0 Å². The molecule has 2 rings (SSSR count). The van der Waals surface area contributed by atoms with Crippen molar-refractivity contribution in [2.24, 2.45) is 0 Å². The fourth-order valence-electron chi connectivity index (χ4n) is 1.56. The summed E-state index contributed by atoms with van der Waals surface area (Å²) in [5.41, 5.74) is 0.114. The molecule has 0 fully saturated rings. The Balaban J connectivity index is 2.14. The van der Waals surface area contributed by atoms with Crippen molar-refractivity contribution in [3.05, 3.63) is 35.5 Å². The highest BCUT2D eigenvalue weighted by molar-refractivity contribution is 5.88. The van der Waals surface area contributed by atoms with Crippen LogP contribution in [0.4, 0.5) is 0 Å². The van der Waals surface area contributed by atoms with Crippen LogP contribution in [0.25, 0.3) is 0 Å². The zero-order chi connectivity index (χ0) is 14.5. The molecular formula is C13H14N2O5. The van der Waals surface area contributed by atoms with Crippen molar-refractivity contribution >= 4 is 5.97 Å². The Morgan fingerprint density at radius 3 is 2.80 bits per heavy atom. The fourth-order valence-corrected chi connectivity index (χ4v) is 1.56. The molecule has 1 heterocycles. The van der Waals surface area contributed by atoms with Gasteiger partial charge in [0.15, 0.2) is 18.1 Å². The number of carbonyl (C=O) groups is 1. The lowest BCUT2D eigenvalue weighted by Gasteiger charge is -2.09. The molecule has 7 nitrogen and oxygen atoms in total. The summed E-state index contributed by atoms with van der Waals surface area (Å²) < 4.78 is 15.6. The molecule has 1 N–H and O–H groups in total. The number of nitrogens with zero attached hydrogens (tertiary/aromatic N) is 2. The van der Waals surface area contributed by atoms with Crippen LogP contribution in [0.2, 0.25) is 0 Å². The van der Waals surface area contributed by atoms with E-state index < -0.39 is 5.97 Å². The van der Waals surface area contributed by atoms with Gasteiger partial charge in [0, 0.05) is 6.42 Å². The van der Waals surface area contributed by atoms with E-state index in [-0.39, 0.29) is 12.2 Å². The first-order valence-electron chi connectivity index (χ1n) is 5.99. The Bertz CT molecular complexity index is 609. The Morgan fingerprint density at radius 1 is 1.40 bits per heavy atom. The van der Waals surface area contributed by atoms with Crippen LogP contribution < -0.4 is 9.47 Å². The van der Waals surface area contributed by atoms with Gasteiger partial charge in [-0.2, -0.15) is 4.98 Å². The zero-order valence-corrected chi connectivity index (χ0v) is 11.1. The molecule has 0 spiro atoms. The van der Waals surface area contributed by atoms with E-state index in [1.165, 1.54) is 25.3 Å². The molecule has 0 amide bonds. The van der Waals surface area contributed by atoms with E-state index in [1.807, 2.05) is 6.92 Å². The number of carboxylic acids is 1. The molecule has 20 heavy (non-hydrogen) atoms. The van der Waals surface area contributed by atoms with E-state index in [0.29, 0.717) is 29.6 Å². The van der Waals surface area contributed by atoms with Gasteiger partial charge in [0.25, 0.3) is 0 Å². The molecule has 0 atom stereocenters. The van der Waals surface area contributed by atoms with Gasteiger partial charge in [-0.25, -0.2) is 4.79 Å². The highest BCUT2D eigenvalue weighted by Gasteiger charge is 2.12. The molecule has 0 aliphatic carbocycles. The average molecular weight is 278 g/mol. The van der Waals surface area contributed by atoms with Crippen LogP contribution >= 0.6 is 0 Å². The van der Waals surface area contributed by atoms with E-state index in [0.717, 1.165) is 0 Å². The lowest BCUT2D eigenvalue weighted by molar-refractivity contribution is 0.0696. The van der Waals surface area contributed by atoms with Gasteiger partial charge in [-0.1, -0.05) is 12.1 Å². The van der Waals surface area contributed by atoms with Gasteiger partial charge in [-0.15, -0.1) is 0 Å². The number of ether oxygens (including phenoxy) is 2. The predicted molar refractivity (Wildman–Crippen MR) is 68.0 cm³/mol. The summed E-state index contributed by atoms with van der Waals surface area (Å²) in [7, 11) is 1.48. The van der Waals surface area contributed by atoms with Crippen molar-refractivity contribution in [3.8, 4) is 11.5 Å². The number of hydrogen-bond acceptors (Lipinski definition) is 6. The summed E-state index contributed by atoms with van der Waals surface area (Å²) >= 11 is 0. The molecule has 0 aliphatic heterocycles. The predicted octanol–water partition coefficient (Wildman–Crippen LogP) is 1.92. The minimum atomic E-state index is -1.04. The van der Waals surface area contributed by atoms with Crippen molar-refractivity contribution in [1.29, 1.82) is 0 Å². The van der Waals surface area contributed by atoms with Gasteiger partial charge in [0.2, 0.25) is 11.7 Å². The molecule has 2 aromatic rings. The van der Waals surface area contributed by atoms with Crippen LogP contribution in [0, 0.1) is 0 Å². The monoisotopic (exact) mass is 278 g/mol. The maximum atomic E-state index is 10.9. The summed E-state index contributed by atoms with van der Waals surface area (Å²) in [5, 5.41) is 12.7. The largest absolute Gasteiger partial charge is 0.493 e. The highest BCUT2D eigenvalue weighted by Crippen LogP contribution is 2.28. The molecule has 1 aromatic carbocycles. The van der Waals surface area contributed by atoms with Crippen molar-refractivity contribution in [3.63, 3.8) is 0 Å². The number of methoxy groups -OCH3 is 1. The summed E-state index contributed by atoms with van der Waals surface area (Å²) in [6, 6.07) is 4.37. The zero-order valence-electron chi connectivity index (χ0n) is 11.1. The summed E-state index contributed by atoms with van der Waals surface area (Å²) in [6.45, 7) is 1.97. The first kappa shape index (κ1) is 13.9. The molecule has 0 radical (unpaired) electrons. The van der Waals surface area contributed by atoms with Crippen LogP contribution in [0.15, 0.2) is 22.7 Å². The third kappa shape index (κ3) is 3.05. The molecule has 0 bridgehead atoms. The molecule has 1 aromatic heterocycles. The number of benzene rings is 1. The van der Waals surface area contributed by atoms with Gasteiger partial charge in [-0.05, 0) is 18.2 Å². The van der Waals surface area contributed by atoms with Crippen LogP contribution in [0.3, 0.4) is 0 Å². The summed E-state index contributed by atoms with van der Waals surface area (Å²) in [5.74, 6) is 0.634. The minimum absolute atomic E-state index is 0.0724.